The number of amides is 4. The predicted octanol–water partition coefficient (Wildman–Crippen LogP) is 2.75. The molecule has 6 atom stereocenters. The molecule has 0 radical (unpaired) electrons. The number of alkyl carbamates (subject to hydrolysis) is 1. The fraction of sp³-hybridized carbons (Fsp3) is 0.474. The van der Waals surface area contributed by atoms with Crippen molar-refractivity contribution in [3.8, 4) is 0 Å². The van der Waals surface area contributed by atoms with Gasteiger partial charge in [0.2, 0.25) is 11.8 Å². The van der Waals surface area contributed by atoms with E-state index in [0.717, 1.165) is 7.11 Å². The first-order chi connectivity index (χ1) is 25.9. The Bertz CT molecular complexity index is 1760. The van der Waals surface area contributed by atoms with Crippen molar-refractivity contribution in [1.29, 1.82) is 0 Å². The van der Waals surface area contributed by atoms with Gasteiger partial charge in [-0.2, -0.15) is 0 Å². The van der Waals surface area contributed by atoms with E-state index in [4.69, 9.17) is 15.2 Å². The van der Waals surface area contributed by atoms with Gasteiger partial charge < -0.3 is 35.9 Å². The number of aliphatic hydroxyl groups excluding tert-OH is 1. The molecule has 0 spiro atoms. The molecule has 0 saturated carbocycles. The van der Waals surface area contributed by atoms with Crippen molar-refractivity contribution in [2.75, 3.05) is 7.11 Å². The van der Waals surface area contributed by atoms with Crippen molar-refractivity contribution >= 4 is 35.5 Å². The summed E-state index contributed by atoms with van der Waals surface area (Å²) in [5.74, 6) is -4.42. The maximum absolute atomic E-state index is 14.7. The third-order valence-electron chi connectivity index (χ3n) is 8.80. The number of hydrogen-bond donors (Lipinski definition) is 5. The number of carbonyl (C=O) groups excluding carboxylic acids is 5. The number of methoxy groups -OCH3 is 1. The minimum absolute atomic E-state index is 0.000806. The third-order valence-corrected chi connectivity index (χ3v) is 8.80. The van der Waals surface area contributed by atoms with Crippen molar-refractivity contribution in [2.45, 2.75) is 103 Å². The van der Waals surface area contributed by atoms with E-state index >= 15 is 0 Å². The molecule has 0 saturated heterocycles. The minimum atomic E-state index is -1.62. The number of nitro groups is 1. The van der Waals surface area contributed by atoms with Crippen LogP contribution in [0.2, 0.25) is 0 Å². The van der Waals surface area contributed by atoms with Crippen molar-refractivity contribution < 1.29 is 43.5 Å². The smallest absolute Gasteiger partial charge is 0.408 e. The summed E-state index contributed by atoms with van der Waals surface area (Å²) in [5, 5.41) is 28.0. The van der Waals surface area contributed by atoms with Crippen LogP contribution >= 0.6 is 0 Å². The van der Waals surface area contributed by atoms with Crippen molar-refractivity contribution in [2.24, 2.45) is 11.7 Å². The maximum Gasteiger partial charge on any atom is 0.408 e. The lowest BCUT2D eigenvalue weighted by Crippen LogP contribution is -2.61. The zero-order chi connectivity index (χ0) is 40.9. The molecule has 3 aromatic rings. The number of esters is 1. The first-order valence-corrected chi connectivity index (χ1v) is 17.9. The zero-order valence-electron chi connectivity index (χ0n) is 31.9. The van der Waals surface area contributed by atoms with E-state index in [-0.39, 0.29) is 30.5 Å². The predicted molar refractivity (Wildman–Crippen MR) is 200 cm³/mol. The number of nitrogens with one attached hydrogen (secondary N) is 3. The third kappa shape index (κ3) is 13.0. The van der Waals surface area contributed by atoms with E-state index in [2.05, 4.69) is 20.6 Å². The standard InChI is InChI=1S/C38H51N7O10/c1-7-23(2)33(36(50)54-6)44(32(47)20-31(46)27(39)18-25-15-11-12-16-30(25)45(52)53)35(49)29(19-26-21-40-22-41-26)42-34(48)28(17-24-13-9-8-10-14-24)43-37(51)55-38(3,4)5/h8-16,21-23,27-29,31,33,46H,7,17-20,39H2,1-6H3,(H,40,41)(H,42,48)(H,43,51)/t23-,27+,28+,29+,31?,33+/m1/s1. The molecule has 1 unspecified atom stereocenters. The van der Waals surface area contributed by atoms with Gasteiger partial charge in [0.15, 0.2) is 0 Å². The number of aliphatic hydroxyl groups is 1. The van der Waals surface area contributed by atoms with Gasteiger partial charge >= 0.3 is 12.1 Å². The van der Waals surface area contributed by atoms with Gasteiger partial charge in [-0.3, -0.25) is 29.4 Å². The Balaban J connectivity index is 2.02. The van der Waals surface area contributed by atoms with Gasteiger partial charge in [0.1, 0.15) is 23.7 Å². The number of aromatic amines is 1. The molecule has 0 aliphatic carbocycles. The van der Waals surface area contributed by atoms with E-state index in [9.17, 15) is 39.2 Å². The van der Waals surface area contributed by atoms with E-state index in [0.29, 0.717) is 22.6 Å². The fourth-order valence-electron chi connectivity index (χ4n) is 5.79. The van der Waals surface area contributed by atoms with Gasteiger partial charge in [0, 0.05) is 36.7 Å². The Labute approximate surface area is 319 Å². The molecule has 2 aromatic carbocycles. The number of imidazole rings is 1. The quantitative estimate of drug-likeness (QED) is 0.0713. The van der Waals surface area contributed by atoms with Crippen LogP contribution in [-0.4, -0.2) is 97.7 Å². The Hall–Kier alpha value is -5.68. The second-order valence-electron chi connectivity index (χ2n) is 14.2. The van der Waals surface area contributed by atoms with Gasteiger partial charge in [-0.05, 0) is 38.7 Å². The molecule has 3 rings (SSSR count). The van der Waals surface area contributed by atoms with Crippen LogP contribution < -0.4 is 16.4 Å². The van der Waals surface area contributed by atoms with Crippen molar-refractivity contribution in [3.05, 3.63) is 94.1 Å². The molecular formula is C38H51N7O10. The summed E-state index contributed by atoms with van der Waals surface area (Å²) in [6.45, 7) is 8.35. The normalized spacial score (nSPS) is 14.6. The van der Waals surface area contributed by atoms with Gasteiger partial charge in [0.05, 0.1) is 36.6 Å². The lowest BCUT2D eigenvalue weighted by molar-refractivity contribution is -0.385. The summed E-state index contributed by atoms with van der Waals surface area (Å²) in [6, 6.07) is 9.14. The first kappa shape index (κ1) is 43.7. The summed E-state index contributed by atoms with van der Waals surface area (Å²) in [4.78, 5) is 87.9. The number of nitrogens with two attached hydrogens (primary N) is 1. The number of carbonyl (C=O) groups is 5. The molecule has 0 fully saturated rings. The maximum atomic E-state index is 14.7. The Morgan fingerprint density at radius 2 is 1.65 bits per heavy atom. The number of H-pyrrole nitrogens is 1. The lowest BCUT2D eigenvalue weighted by atomic mass is 9.94. The molecule has 17 nitrogen and oxygen atoms in total. The second kappa shape index (κ2) is 20.1. The Morgan fingerprint density at radius 1 is 1.00 bits per heavy atom. The first-order valence-electron chi connectivity index (χ1n) is 17.9. The van der Waals surface area contributed by atoms with E-state index in [1.807, 2.05) is 0 Å². The van der Waals surface area contributed by atoms with Gasteiger partial charge in [0.25, 0.3) is 11.6 Å². The average Bonchev–Trinajstić information content (AvgIpc) is 3.65. The molecule has 0 bridgehead atoms. The number of rotatable bonds is 18. The van der Waals surface area contributed by atoms with Crippen molar-refractivity contribution in [1.82, 2.24) is 25.5 Å². The summed E-state index contributed by atoms with van der Waals surface area (Å²) < 4.78 is 10.4. The number of hydrogen-bond acceptors (Lipinski definition) is 12. The number of nitro benzene ring substituents is 1. The molecule has 298 valence electrons. The highest BCUT2D eigenvalue weighted by Gasteiger charge is 2.43. The molecule has 1 aromatic heterocycles. The largest absolute Gasteiger partial charge is 0.467 e. The molecule has 1 heterocycles. The van der Waals surface area contributed by atoms with E-state index < -0.39 is 82.9 Å². The number of para-hydroxylation sites is 1. The lowest BCUT2D eigenvalue weighted by Gasteiger charge is -2.35. The number of aromatic nitrogens is 2. The topological polar surface area (TPSA) is 249 Å². The second-order valence-corrected chi connectivity index (χ2v) is 14.2. The monoisotopic (exact) mass is 765 g/mol. The van der Waals surface area contributed by atoms with Gasteiger partial charge in [-0.1, -0.05) is 68.8 Å². The Kier molecular flexibility index (Phi) is 16.0. The van der Waals surface area contributed by atoms with Gasteiger partial charge in [-0.25, -0.2) is 14.6 Å². The van der Waals surface area contributed by atoms with E-state index in [1.54, 1.807) is 71.0 Å². The molecule has 55 heavy (non-hydrogen) atoms. The highest BCUT2D eigenvalue weighted by Crippen LogP contribution is 2.23. The average molecular weight is 766 g/mol. The molecular weight excluding hydrogens is 714 g/mol. The summed E-state index contributed by atoms with van der Waals surface area (Å²) in [6.07, 6.45) is -0.559. The number of imide groups is 1. The summed E-state index contributed by atoms with van der Waals surface area (Å²) in [7, 11) is 1.10. The molecule has 6 N–H and O–H groups in total. The van der Waals surface area contributed by atoms with Crippen LogP contribution in [0.25, 0.3) is 0 Å². The number of benzene rings is 2. The van der Waals surface area contributed by atoms with Gasteiger partial charge in [-0.15, -0.1) is 0 Å². The van der Waals surface area contributed by atoms with Crippen LogP contribution in [-0.2, 0) is 47.9 Å². The summed E-state index contributed by atoms with van der Waals surface area (Å²) >= 11 is 0. The van der Waals surface area contributed by atoms with Crippen LogP contribution in [0, 0.1) is 16.0 Å². The minimum Gasteiger partial charge on any atom is -0.467 e. The fourth-order valence-corrected chi connectivity index (χ4v) is 5.79. The van der Waals surface area contributed by atoms with E-state index in [1.165, 1.54) is 30.7 Å². The van der Waals surface area contributed by atoms with Crippen molar-refractivity contribution in [3.63, 3.8) is 0 Å². The highest BCUT2D eigenvalue weighted by molar-refractivity contribution is 6.03. The van der Waals surface area contributed by atoms with Crippen LogP contribution in [0.1, 0.15) is 64.3 Å². The molecule has 0 aliphatic heterocycles. The SMILES string of the molecule is CC[C@@H](C)[C@@H](C(=O)OC)N(C(=O)CC(O)[C@@H](N)Cc1ccccc1[N+](=O)[O-])C(=O)[C@H](Cc1c[nH]cn1)NC(=O)[C@H](Cc1ccccc1)NC(=O)OC(C)(C)C. The zero-order valence-corrected chi connectivity index (χ0v) is 31.9. The van der Waals surface area contributed by atoms with Crippen LogP contribution in [0.3, 0.4) is 0 Å². The molecule has 0 aliphatic rings. The Morgan fingerprint density at radius 3 is 2.24 bits per heavy atom. The summed E-state index contributed by atoms with van der Waals surface area (Å²) in [5.41, 5.74) is 6.35. The van der Waals surface area contributed by atoms with Crippen LogP contribution in [0.5, 0.6) is 0 Å². The molecule has 4 amide bonds. The molecule has 17 heteroatoms. The van der Waals surface area contributed by atoms with Crippen LogP contribution in [0.15, 0.2) is 67.1 Å². The number of nitrogens with zero attached hydrogens (tertiary/aromatic N) is 3. The number of ether oxygens (including phenoxy) is 2. The van der Waals surface area contributed by atoms with Crippen LogP contribution in [0.4, 0.5) is 10.5 Å². The highest BCUT2D eigenvalue weighted by atomic mass is 16.6.